The van der Waals surface area contributed by atoms with Crippen molar-refractivity contribution in [1.29, 1.82) is 0 Å². The predicted octanol–water partition coefficient (Wildman–Crippen LogP) is 4.12. The smallest absolute Gasteiger partial charge is 0.319 e. The summed E-state index contributed by atoms with van der Waals surface area (Å²) >= 11 is 1.34. The lowest BCUT2D eigenvalue weighted by Gasteiger charge is -2.12. The summed E-state index contributed by atoms with van der Waals surface area (Å²) < 4.78 is 21.5. The topological polar surface area (TPSA) is 57.0 Å². The molecule has 1 fully saturated rings. The molecule has 28 heavy (non-hydrogen) atoms. The molecule has 2 aromatic carbocycles. The number of hydrogen-bond acceptors (Lipinski definition) is 5. The van der Waals surface area contributed by atoms with Crippen LogP contribution in [0.4, 0.5) is 4.39 Å². The number of esters is 1. The number of carbonyl (C=O) groups excluding carboxylic acids is 1. The largest absolute Gasteiger partial charge is 0.462 e. The van der Waals surface area contributed by atoms with Crippen LogP contribution in [-0.2, 0) is 22.5 Å². The van der Waals surface area contributed by atoms with Gasteiger partial charge in [0.25, 0.3) is 0 Å². The first-order valence-corrected chi connectivity index (χ1v) is 10.1. The number of ether oxygens (including phenoxy) is 1. The molecule has 1 aromatic heterocycles. The first-order valence-electron chi connectivity index (χ1n) is 9.21. The Kier molecular flexibility index (Phi) is 5.43. The number of hydrogen-bond donors (Lipinski definition) is 0. The fourth-order valence-corrected chi connectivity index (χ4v) is 4.41. The zero-order chi connectivity index (χ0) is 19.5. The maximum atomic E-state index is 14.4. The van der Waals surface area contributed by atoms with E-state index >= 15 is 0 Å². The van der Waals surface area contributed by atoms with Crippen molar-refractivity contribution in [2.45, 2.75) is 42.8 Å². The van der Waals surface area contributed by atoms with Crippen LogP contribution in [0.2, 0.25) is 0 Å². The Balaban J connectivity index is 1.65. The van der Waals surface area contributed by atoms with Crippen molar-refractivity contribution in [1.82, 2.24) is 14.8 Å². The summed E-state index contributed by atoms with van der Waals surface area (Å²) in [5, 5.41) is 8.80. The molecule has 1 saturated heterocycles. The molecule has 0 saturated carbocycles. The fourth-order valence-electron chi connectivity index (χ4n) is 3.25. The molecule has 2 atom stereocenters. The van der Waals surface area contributed by atoms with Gasteiger partial charge < -0.3 is 9.30 Å². The quantitative estimate of drug-likeness (QED) is 0.586. The molecule has 1 aliphatic heterocycles. The third-order valence-corrected chi connectivity index (χ3v) is 5.85. The molecular formula is C21H20FN3O2S. The molecule has 0 spiro atoms. The number of carbonyl (C=O) groups is 1. The molecule has 2 heterocycles. The Bertz CT molecular complexity index is 977. The van der Waals surface area contributed by atoms with Gasteiger partial charge in [-0.2, -0.15) is 0 Å². The molecule has 0 N–H and O–H groups in total. The van der Waals surface area contributed by atoms with E-state index in [1.54, 1.807) is 18.2 Å². The van der Waals surface area contributed by atoms with E-state index in [-0.39, 0.29) is 23.1 Å². The first-order chi connectivity index (χ1) is 13.6. The summed E-state index contributed by atoms with van der Waals surface area (Å²) in [5.74, 6) is -0.111. The SMILES string of the molecule is C[C@@H]1C[C@@H](Sc2nnc(-c3ccccc3F)n2CCc2ccccc2)C(=O)O1. The molecule has 4 rings (SSSR count). The Labute approximate surface area is 166 Å². The van der Waals surface area contributed by atoms with Crippen LogP contribution in [0.15, 0.2) is 59.8 Å². The van der Waals surface area contributed by atoms with Crippen LogP contribution in [0, 0.1) is 5.82 Å². The van der Waals surface area contributed by atoms with Crippen LogP contribution in [-0.4, -0.2) is 32.1 Å². The predicted molar refractivity (Wildman–Crippen MR) is 105 cm³/mol. The Hall–Kier alpha value is -2.67. The summed E-state index contributed by atoms with van der Waals surface area (Å²) in [4.78, 5) is 12.1. The van der Waals surface area contributed by atoms with E-state index in [2.05, 4.69) is 22.3 Å². The molecule has 1 aliphatic rings. The van der Waals surface area contributed by atoms with Crippen LogP contribution in [0.25, 0.3) is 11.4 Å². The van der Waals surface area contributed by atoms with Gasteiger partial charge in [0.05, 0.1) is 5.56 Å². The van der Waals surface area contributed by atoms with Crippen LogP contribution in [0.1, 0.15) is 18.9 Å². The monoisotopic (exact) mass is 397 g/mol. The number of halogens is 1. The molecule has 0 unspecified atom stereocenters. The molecule has 144 valence electrons. The number of aromatic nitrogens is 3. The Morgan fingerprint density at radius 3 is 2.61 bits per heavy atom. The van der Waals surface area contributed by atoms with Gasteiger partial charge in [0, 0.05) is 13.0 Å². The number of benzene rings is 2. The summed E-state index contributed by atoms with van der Waals surface area (Å²) in [6.45, 7) is 2.46. The highest BCUT2D eigenvalue weighted by atomic mass is 32.2. The number of thioether (sulfide) groups is 1. The van der Waals surface area contributed by atoms with E-state index in [1.807, 2.05) is 29.7 Å². The number of cyclic esters (lactones) is 1. The molecular weight excluding hydrogens is 377 g/mol. The average Bonchev–Trinajstić information content (AvgIpc) is 3.23. The van der Waals surface area contributed by atoms with Crippen molar-refractivity contribution in [2.24, 2.45) is 0 Å². The van der Waals surface area contributed by atoms with Gasteiger partial charge in [-0.1, -0.05) is 54.2 Å². The Morgan fingerprint density at radius 2 is 1.89 bits per heavy atom. The lowest BCUT2D eigenvalue weighted by molar-refractivity contribution is -0.140. The molecule has 0 amide bonds. The second-order valence-corrected chi connectivity index (χ2v) is 7.93. The van der Waals surface area contributed by atoms with Gasteiger partial charge in [-0.15, -0.1) is 10.2 Å². The number of rotatable bonds is 6. The van der Waals surface area contributed by atoms with E-state index < -0.39 is 0 Å². The minimum atomic E-state index is -0.346. The van der Waals surface area contributed by atoms with Gasteiger partial charge in [0.1, 0.15) is 17.2 Å². The zero-order valence-electron chi connectivity index (χ0n) is 15.4. The molecule has 0 bridgehead atoms. The van der Waals surface area contributed by atoms with Gasteiger partial charge in [0.2, 0.25) is 0 Å². The number of nitrogens with zero attached hydrogens (tertiary/aromatic N) is 3. The summed E-state index contributed by atoms with van der Waals surface area (Å²) in [6.07, 6.45) is 1.28. The van der Waals surface area contributed by atoms with Gasteiger partial charge >= 0.3 is 5.97 Å². The van der Waals surface area contributed by atoms with Gasteiger partial charge in [-0.25, -0.2) is 4.39 Å². The summed E-state index contributed by atoms with van der Waals surface area (Å²) in [7, 11) is 0. The lowest BCUT2D eigenvalue weighted by Crippen LogP contribution is -2.12. The van der Waals surface area contributed by atoms with Crippen LogP contribution < -0.4 is 0 Å². The lowest BCUT2D eigenvalue weighted by atomic mass is 10.1. The minimum Gasteiger partial charge on any atom is -0.462 e. The van der Waals surface area contributed by atoms with Gasteiger partial charge in [-0.05, 0) is 31.0 Å². The standard InChI is InChI=1S/C21H20FN3O2S/c1-14-13-18(20(26)27-14)28-21-24-23-19(16-9-5-6-10-17(16)22)25(21)12-11-15-7-3-2-4-8-15/h2-10,14,18H,11-13H2,1H3/t14-,18-/m1/s1. The molecule has 0 aliphatic carbocycles. The van der Waals surface area contributed by atoms with Crippen molar-refractivity contribution in [3.8, 4) is 11.4 Å². The second-order valence-electron chi connectivity index (χ2n) is 6.76. The second kappa shape index (κ2) is 8.14. The van der Waals surface area contributed by atoms with Crippen LogP contribution >= 0.6 is 11.8 Å². The van der Waals surface area contributed by atoms with E-state index in [9.17, 15) is 9.18 Å². The van der Waals surface area contributed by atoms with E-state index in [0.717, 1.165) is 6.42 Å². The van der Waals surface area contributed by atoms with Crippen molar-refractivity contribution in [2.75, 3.05) is 0 Å². The normalized spacial score (nSPS) is 19.0. The third kappa shape index (κ3) is 3.94. The molecule has 3 aromatic rings. The van der Waals surface area contributed by atoms with Crippen molar-refractivity contribution in [3.63, 3.8) is 0 Å². The van der Waals surface area contributed by atoms with Crippen LogP contribution in [0.5, 0.6) is 0 Å². The van der Waals surface area contributed by atoms with E-state index in [0.29, 0.717) is 29.5 Å². The highest BCUT2D eigenvalue weighted by Crippen LogP contribution is 2.33. The van der Waals surface area contributed by atoms with E-state index in [1.165, 1.54) is 23.4 Å². The summed E-state index contributed by atoms with van der Waals surface area (Å²) in [6, 6.07) is 16.6. The fraction of sp³-hybridized carbons (Fsp3) is 0.286. The van der Waals surface area contributed by atoms with Crippen LogP contribution in [0.3, 0.4) is 0 Å². The highest BCUT2D eigenvalue weighted by Gasteiger charge is 2.34. The third-order valence-electron chi connectivity index (χ3n) is 4.67. The maximum Gasteiger partial charge on any atom is 0.319 e. The van der Waals surface area contributed by atoms with E-state index in [4.69, 9.17) is 4.74 Å². The average molecular weight is 397 g/mol. The van der Waals surface area contributed by atoms with Gasteiger partial charge in [-0.3, -0.25) is 4.79 Å². The maximum absolute atomic E-state index is 14.4. The van der Waals surface area contributed by atoms with Gasteiger partial charge in [0.15, 0.2) is 11.0 Å². The zero-order valence-corrected chi connectivity index (χ0v) is 16.2. The number of aryl methyl sites for hydroxylation is 1. The molecule has 0 radical (unpaired) electrons. The van der Waals surface area contributed by atoms with Crippen molar-refractivity contribution >= 4 is 17.7 Å². The summed E-state index contributed by atoms with van der Waals surface area (Å²) in [5.41, 5.74) is 1.57. The molecule has 7 heteroatoms. The highest BCUT2D eigenvalue weighted by molar-refractivity contribution is 8.00. The Morgan fingerprint density at radius 1 is 1.14 bits per heavy atom. The molecule has 5 nitrogen and oxygen atoms in total. The minimum absolute atomic E-state index is 0.100. The van der Waals surface area contributed by atoms with Crippen molar-refractivity contribution in [3.05, 3.63) is 66.0 Å². The first kappa shape index (κ1) is 18.7. The van der Waals surface area contributed by atoms with Crippen molar-refractivity contribution < 1.29 is 13.9 Å².